The minimum atomic E-state index is 0.758. The first-order chi connectivity index (χ1) is 7.86. The maximum absolute atomic E-state index is 4.62. The molecule has 1 aromatic heterocycles. The zero-order valence-electron chi connectivity index (χ0n) is 8.99. The molecule has 2 heterocycles. The lowest BCUT2D eigenvalue weighted by molar-refractivity contribution is 0.675. The monoisotopic (exact) mass is 279 g/mol. The first-order valence-corrected chi connectivity index (χ1v) is 6.74. The smallest absolute Gasteiger partial charge is 0.203 e. The number of rotatable bonds is 2. The van der Waals surface area contributed by atoms with Crippen molar-refractivity contribution in [3.05, 3.63) is 24.3 Å². The molecule has 2 aromatic rings. The number of halogens is 1. The molecule has 3 rings (SSSR count). The quantitative estimate of drug-likeness (QED) is 0.858. The Morgan fingerprint density at radius 2 is 2.31 bits per heavy atom. The maximum atomic E-state index is 4.62. The molecule has 1 saturated heterocycles. The van der Waals surface area contributed by atoms with Crippen LogP contribution in [0.15, 0.2) is 24.3 Å². The summed E-state index contributed by atoms with van der Waals surface area (Å²) in [5.41, 5.74) is 2.18. The predicted molar refractivity (Wildman–Crippen MR) is 70.2 cm³/mol. The average molecular weight is 280 g/mol. The van der Waals surface area contributed by atoms with Crippen LogP contribution in [0.4, 0.5) is 5.95 Å². The largest absolute Gasteiger partial charge is 0.342 e. The molecule has 3 nitrogen and oxygen atoms in total. The molecule has 1 aromatic carbocycles. The maximum Gasteiger partial charge on any atom is 0.203 e. The lowest BCUT2D eigenvalue weighted by atomic mass is 10.2. The van der Waals surface area contributed by atoms with Gasteiger partial charge >= 0.3 is 0 Å². The average Bonchev–Trinajstić information content (AvgIpc) is 2.95. The number of nitrogens with zero attached hydrogens (tertiary/aromatic N) is 2. The lowest BCUT2D eigenvalue weighted by Crippen LogP contribution is -2.21. The van der Waals surface area contributed by atoms with Crippen LogP contribution in [0.25, 0.3) is 11.0 Å². The molecular formula is C12H14BrN3. The summed E-state index contributed by atoms with van der Waals surface area (Å²) in [6, 6.07) is 8.19. The van der Waals surface area contributed by atoms with Crippen LogP contribution in [0.3, 0.4) is 0 Å². The first-order valence-electron chi connectivity index (χ1n) is 5.62. The van der Waals surface area contributed by atoms with Gasteiger partial charge in [0.05, 0.1) is 11.0 Å². The highest BCUT2D eigenvalue weighted by atomic mass is 79.9. The molecule has 0 spiro atoms. The highest BCUT2D eigenvalue weighted by Crippen LogP contribution is 2.24. The molecular weight excluding hydrogens is 266 g/mol. The Balaban J connectivity index is 1.89. The molecule has 0 bridgehead atoms. The van der Waals surface area contributed by atoms with Gasteiger partial charge in [-0.15, -0.1) is 0 Å². The summed E-state index contributed by atoms with van der Waals surface area (Å²) in [6.07, 6.45) is 1.25. The van der Waals surface area contributed by atoms with Gasteiger partial charge in [-0.05, 0) is 24.5 Å². The molecule has 16 heavy (non-hydrogen) atoms. The van der Waals surface area contributed by atoms with Gasteiger partial charge in [-0.2, -0.15) is 0 Å². The number of hydrogen-bond donors (Lipinski definition) is 1. The Hall–Kier alpha value is -1.03. The molecule has 1 aliphatic heterocycles. The van der Waals surface area contributed by atoms with Gasteiger partial charge in [0, 0.05) is 18.4 Å². The molecule has 1 unspecified atom stereocenters. The van der Waals surface area contributed by atoms with Gasteiger partial charge in [0.2, 0.25) is 5.95 Å². The highest BCUT2D eigenvalue weighted by molar-refractivity contribution is 9.09. The van der Waals surface area contributed by atoms with E-state index in [1.54, 1.807) is 0 Å². The minimum absolute atomic E-state index is 0.758. The van der Waals surface area contributed by atoms with E-state index >= 15 is 0 Å². The Bertz CT molecular complexity index is 461. The molecule has 0 radical (unpaired) electrons. The fourth-order valence-electron chi connectivity index (χ4n) is 2.24. The van der Waals surface area contributed by atoms with E-state index in [1.165, 1.54) is 6.42 Å². The minimum Gasteiger partial charge on any atom is -0.342 e. The van der Waals surface area contributed by atoms with Gasteiger partial charge in [-0.25, -0.2) is 4.98 Å². The summed E-state index contributed by atoms with van der Waals surface area (Å²) in [7, 11) is 0. The van der Waals surface area contributed by atoms with Crippen LogP contribution in [-0.4, -0.2) is 28.4 Å². The van der Waals surface area contributed by atoms with Crippen molar-refractivity contribution in [3.8, 4) is 0 Å². The molecule has 1 atom stereocenters. The summed E-state index contributed by atoms with van der Waals surface area (Å²) < 4.78 is 0. The Labute approximate surface area is 103 Å². The van der Waals surface area contributed by atoms with Crippen molar-refractivity contribution < 1.29 is 0 Å². The number of anilines is 1. The second-order valence-corrected chi connectivity index (χ2v) is 4.98. The number of aromatic amines is 1. The number of aromatic nitrogens is 2. The number of nitrogens with one attached hydrogen (secondary N) is 1. The molecule has 4 heteroatoms. The molecule has 1 N–H and O–H groups in total. The number of hydrogen-bond acceptors (Lipinski definition) is 2. The van der Waals surface area contributed by atoms with E-state index in [9.17, 15) is 0 Å². The number of alkyl halides is 1. The van der Waals surface area contributed by atoms with Crippen LogP contribution in [-0.2, 0) is 0 Å². The molecule has 84 valence electrons. The molecule has 1 fully saturated rings. The second-order valence-electron chi connectivity index (χ2n) is 4.33. The highest BCUT2D eigenvalue weighted by Gasteiger charge is 2.23. The van der Waals surface area contributed by atoms with Gasteiger partial charge < -0.3 is 9.88 Å². The summed E-state index contributed by atoms with van der Waals surface area (Å²) in [4.78, 5) is 10.3. The standard InChI is InChI=1S/C12H14BrN3/c13-7-9-5-6-16(8-9)12-14-10-3-1-2-4-11(10)15-12/h1-4,9H,5-8H2,(H,14,15). The van der Waals surface area contributed by atoms with Gasteiger partial charge in [-0.1, -0.05) is 28.1 Å². The Morgan fingerprint density at radius 3 is 3.06 bits per heavy atom. The van der Waals surface area contributed by atoms with Gasteiger partial charge in [-0.3, -0.25) is 0 Å². The van der Waals surface area contributed by atoms with Crippen LogP contribution in [0.2, 0.25) is 0 Å². The van der Waals surface area contributed by atoms with Crippen LogP contribution in [0.1, 0.15) is 6.42 Å². The van der Waals surface area contributed by atoms with Crippen molar-refractivity contribution >= 4 is 32.9 Å². The topological polar surface area (TPSA) is 31.9 Å². The van der Waals surface area contributed by atoms with Gasteiger partial charge in [0.15, 0.2) is 0 Å². The molecule has 0 saturated carbocycles. The van der Waals surface area contributed by atoms with E-state index in [0.29, 0.717) is 0 Å². The van der Waals surface area contributed by atoms with Crippen molar-refractivity contribution in [3.63, 3.8) is 0 Å². The van der Waals surface area contributed by atoms with Crippen molar-refractivity contribution in [2.24, 2.45) is 5.92 Å². The third-order valence-corrected chi connectivity index (χ3v) is 4.10. The SMILES string of the molecule is BrCC1CCN(c2nc3ccccc3[nH]2)C1. The van der Waals surface area contributed by atoms with E-state index in [0.717, 1.165) is 41.3 Å². The van der Waals surface area contributed by atoms with Crippen molar-refractivity contribution in [2.45, 2.75) is 6.42 Å². The Kier molecular flexibility index (Phi) is 2.59. The number of para-hydroxylation sites is 2. The number of fused-ring (bicyclic) bond motifs is 1. The number of benzene rings is 1. The van der Waals surface area contributed by atoms with E-state index < -0.39 is 0 Å². The van der Waals surface area contributed by atoms with Crippen molar-refractivity contribution in [1.29, 1.82) is 0 Å². The number of imidazole rings is 1. The fourth-order valence-corrected chi connectivity index (χ4v) is 2.77. The summed E-state index contributed by atoms with van der Waals surface area (Å²) in [5, 5.41) is 1.09. The number of H-pyrrole nitrogens is 1. The van der Waals surface area contributed by atoms with Crippen molar-refractivity contribution in [2.75, 3.05) is 23.3 Å². The third kappa shape index (κ3) is 1.71. The zero-order valence-corrected chi connectivity index (χ0v) is 10.6. The van der Waals surface area contributed by atoms with Crippen LogP contribution >= 0.6 is 15.9 Å². The predicted octanol–water partition coefficient (Wildman–Crippen LogP) is 2.78. The second kappa shape index (κ2) is 4.09. The van der Waals surface area contributed by atoms with Crippen LogP contribution < -0.4 is 4.90 Å². The summed E-state index contributed by atoms with van der Waals surface area (Å²) in [5.74, 6) is 1.78. The van der Waals surface area contributed by atoms with Crippen molar-refractivity contribution in [1.82, 2.24) is 9.97 Å². The van der Waals surface area contributed by atoms with E-state index in [4.69, 9.17) is 0 Å². The van der Waals surface area contributed by atoms with E-state index in [1.807, 2.05) is 18.2 Å². The van der Waals surface area contributed by atoms with E-state index in [2.05, 4.69) is 36.9 Å². The normalized spacial score (nSPS) is 20.8. The lowest BCUT2D eigenvalue weighted by Gasteiger charge is -2.13. The van der Waals surface area contributed by atoms with Crippen LogP contribution in [0, 0.1) is 5.92 Å². The fraction of sp³-hybridized carbons (Fsp3) is 0.417. The summed E-state index contributed by atoms with van der Waals surface area (Å²) in [6.45, 7) is 2.21. The molecule has 0 amide bonds. The van der Waals surface area contributed by atoms with Crippen LogP contribution in [0.5, 0.6) is 0 Å². The van der Waals surface area contributed by atoms with Gasteiger partial charge in [0.25, 0.3) is 0 Å². The zero-order chi connectivity index (χ0) is 11.0. The summed E-state index contributed by atoms with van der Waals surface area (Å²) >= 11 is 3.55. The third-order valence-electron chi connectivity index (χ3n) is 3.18. The molecule has 1 aliphatic rings. The molecule has 0 aliphatic carbocycles. The first kappa shape index (κ1) is 10.1. The Morgan fingerprint density at radius 1 is 1.44 bits per heavy atom. The van der Waals surface area contributed by atoms with Gasteiger partial charge in [0.1, 0.15) is 0 Å². The van der Waals surface area contributed by atoms with E-state index in [-0.39, 0.29) is 0 Å².